The molecule has 1 N–H and O–H groups in total. The van der Waals surface area contributed by atoms with Crippen LogP contribution in [-0.2, 0) is 4.79 Å². The van der Waals surface area contributed by atoms with Crippen molar-refractivity contribution < 1.29 is 14.4 Å². The molecular weight excluding hydrogens is 375 g/mol. The minimum Gasteiger partial charge on any atom is -0.345 e. The van der Waals surface area contributed by atoms with Crippen LogP contribution in [0.4, 0.5) is 5.69 Å². The molecule has 0 radical (unpaired) electrons. The third kappa shape index (κ3) is 5.31. The lowest BCUT2D eigenvalue weighted by Crippen LogP contribution is -2.22. The maximum absolute atomic E-state index is 12.1. The van der Waals surface area contributed by atoms with Gasteiger partial charge in [0.25, 0.3) is 5.91 Å². The molecule has 5 nitrogen and oxygen atoms in total. The molecule has 26 heavy (non-hydrogen) atoms. The van der Waals surface area contributed by atoms with Crippen molar-refractivity contribution >= 4 is 46.5 Å². The summed E-state index contributed by atoms with van der Waals surface area (Å²) < 4.78 is 0. The second kappa shape index (κ2) is 8.83. The van der Waals surface area contributed by atoms with Crippen molar-refractivity contribution in [1.82, 2.24) is 4.90 Å². The SMILES string of the molecule is CN(C)C(=O)c1ccc(NC(=O)CCC(=O)c2ccc(Cl)cc2)cc1Cl. The first-order valence-corrected chi connectivity index (χ1v) is 8.63. The number of nitrogens with zero attached hydrogens (tertiary/aromatic N) is 1. The van der Waals surface area contributed by atoms with Crippen molar-refractivity contribution in [3.05, 3.63) is 63.6 Å². The second-order valence-electron chi connectivity index (χ2n) is 5.87. The Morgan fingerprint density at radius 3 is 2.19 bits per heavy atom. The highest BCUT2D eigenvalue weighted by Gasteiger charge is 2.14. The van der Waals surface area contributed by atoms with Crippen LogP contribution in [0.15, 0.2) is 42.5 Å². The summed E-state index contributed by atoms with van der Waals surface area (Å²) in [5.41, 5.74) is 1.33. The molecule has 0 bridgehead atoms. The van der Waals surface area contributed by atoms with E-state index in [4.69, 9.17) is 23.2 Å². The first-order valence-electron chi connectivity index (χ1n) is 7.87. The number of nitrogens with one attached hydrogen (secondary N) is 1. The Hall–Kier alpha value is -2.37. The molecule has 2 aromatic rings. The quantitative estimate of drug-likeness (QED) is 0.745. The van der Waals surface area contributed by atoms with Crippen molar-refractivity contribution in [1.29, 1.82) is 0 Å². The van der Waals surface area contributed by atoms with Crippen LogP contribution < -0.4 is 5.32 Å². The number of hydrogen-bond acceptors (Lipinski definition) is 3. The van der Waals surface area contributed by atoms with Gasteiger partial charge in [-0.1, -0.05) is 23.2 Å². The van der Waals surface area contributed by atoms with Crippen LogP contribution in [0.1, 0.15) is 33.6 Å². The van der Waals surface area contributed by atoms with E-state index in [0.717, 1.165) is 0 Å². The van der Waals surface area contributed by atoms with Gasteiger partial charge >= 0.3 is 0 Å². The molecular formula is C19H18Cl2N2O3. The first-order chi connectivity index (χ1) is 12.3. The summed E-state index contributed by atoms with van der Waals surface area (Å²) >= 11 is 11.9. The number of carbonyl (C=O) groups is 3. The van der Waals surface area contributed by atoms with Gasteiger partial charge in [0, 0.05) is 43.2 Å². The molecule has 136 valence electrons. The fourth-order valence-electron chi connectivity index (χ4n) is 2.24. The number of Topliss-reactive ketones (excluding diaryl/α,β-unsaturated/α-hetero) is 1. The summed E-state index contributed by atoms with van der Waals surface area (Å²) in [5, 5.41) is 3.47. The Labute approximate surface area is 161 Å². The number of anilines is 1. The van der Waals surface area contributed by atoms with Crippen LogP contribution in [-0.4, -0.2) is 36.6 Å². The van der Waals surface area contributed by atoms with Crippen LogP contribution >= 0.6 is 23.2 Å². The Morgan fingerprint density at radius 2 is 1.62 bits per heavy atom. The van der Waals surface area contributed by atoms with Gasteiger partial charge in [0.1, 0.15) is 0 Å². The fourth-order valence-corrected chi connectivity index (χ4v) is 2.63. The number of rotatable bonds is 6. The van der Waals surface area contributed by atoms with Crippen molar-refractivity contribution in [3.8, 4) is 0 Å². The van der Waals surface area contributed by atoms with Crippen LogP contribution in [0.5, 0.6) is 0 Å². The van der Waals surface area contributed by atoms with Crippen molar-refractivity contribution in [2.45, 2.75) is 12.8 Å². The largest absolute Gasteiger partial charge is 0.345 e. The van der Waals surface area contributed by atoms with E-state index in [9.17, 15) is 14.4 Å². The summed E-state index contributed by atoms with van der Waals surface area (Å²) in [6.07, 6.45) is 0.121. The van der Waals surface area contributed by atoms with Crippen molar-refractivity contribution in [2.75, 3.05) is 19.4 Å². The molecule has 2 rings (SSSR count). The monoisotopic (exact) mass is 392 g/mol. The summed E-state index contributed by atoms with van der Waals surface area (Å²) in [5.74, 6) is -0.668. The Bertz CT molecular complexity index is 833. The zero-order valence-electron chi connectivity index (χ0n) is 14.4. The highest BCUT2D eigenvalue weighted by Crippen LogP contribution is 2.22. The molecule has 2 aromatic carbocycles. The third-order valence-corrected chi connectivity index (χ3v) is 4.20. The van der Waals surface area contributed by atoms with E-state index in [-0.39, 0.29) is 35.5 Å². The van der Waals surface area contributed by atoms with Crippen LogP contribution in [0.2, 0.25) is 10.0 Å². The predicted molar refractivity (Wildman–Crippen MR) is 103 cm³/mol. The lowest BCUT2D eigenvalue weighted by molar-refractivity contribution is -0.116. The van der Waals surface area contributed by atoms with E-state index in [1.165, 1.54) is 11.0 Å². The smallest absolute Gasteiger partial charge is 0.254 e. The van der Waals surface area contributed by atoms with Crippen molar-refractivity contribution in [2.24, 2.45) is 0 Å². The number of benzene rings is 2. The van der Waals surface area contributed by atoms with Gasteiger partial charge < -0.3 is 10.2 Å². The molecule has 0 spiro atoms. The highest BCUT2D eigenvalue weighted by molar-refractivity contribution is 6.34. The number of ketones is 1. The summed E-state index contributed by atoms with van der Waals surface area (Å²) in [6.45, 7) is 0. The van der Waals surface area contributed by atoms with Crippen LogP contribution in [0, 0.1) is 0 Å². The number of carbonyl (C=O) groups excluding carboxylic acids is 3. The molecule has 2 amide bonds. The van der Waals surface area contributed by atoms with Gasteiger partial charge in [-0.2, -0.15) is 0 Å². The van der Waals surface area contributed by atoms with E-state index in [1.54, 1.807) is 50.5 Å². The Kier molecular flexibility index (Phi) is 6.77. The van der Waals surface area contributed by atoms with E-state index >= 15 is 0 Å². The molecule has 7 heteroatoms. The molecule has 0 saturated carbocycles. The van der Waals surface area contributed by atoms with Gasteiger partial charge in [-0.3, -0.25) is 14.4 Å². The summed E-state index contributed by atoms with van der Waals surface area (Å²) in [7, 11) is 3.26. The maximum Gasteiger partial charge on any atom is 0.254 e. The maximum atomic E-state index is 12.1. The lowest BCUT2D eigenvalue weighted by Gasteiger charge is -2.12. The second-order valence-corrected chi connectivity index (χ2v) is 6.72. The average molecular weight is 393 g/mol. The lowest BCUT2D eigenvalue weighted by atomic mass is 10.1. The Balaban J connectivity index is 1.93. The molecule has 0 heterocycles. The molecule has 0 unspecified atom stereocenters. The molecule has 0 aliphatic rings. The normalized spacial score (nSPS) is 10.3. The van der Waals surface area contributed by atoms with E-state index in [1.807, 2.05) is 0 Å². The molecule has 0 fully saturated rings. The van der Waals surface area contributed by atoms with E-state index in [2.05, 4.69) is 5.32 Å². The zero-order valence-corrected chi connectivity index (χ0v) is 15.9. The van der Waals surface area contributed by atoms with Gasteiger partial charge in [0.2, 0.25) is 5.91 Å². The van der Waals surface area contributed by atoms with Gasteiger partial charge in [-0.15, -0.1) is 0 Å². The topological polar surface area (TPSA) is 66.5 Å². The summed E-state index contributed by atoms with van der Waals surface area (Å²) in [4.78, 5) is 37.5. The molecule has 0 aromatic heterocycles. The number of amides is 2. The van der Waals surface area contributed by atoms with Crippen molar-refractivity contribution in [3.63, 3.8) is 0 Å². The molecule has 0 saturated heterocycles. The summed E-state index contributed by atoms with van der Waals surface area (Å²) in [6, 6.07) is 11.2. The van der Waals surface area contributed by atoms with E-state index < -0.39 is 0 Å². The van der Waals surface area contributed by atoms with Gasteiger partial charge in [-0.05, 0) is 42.5 Å². The van der Waals surface area contributed by atoms with E-state index in [0.29, 0.717) is 21.8 Å². The minimum atomic E-state index is -0.310. The Morgan fingerprint density at radius 1 is 0.962 bits per heavy atom. The molecule has 0 atom stereocenters. The average Bonchev–Trinajstić information content (AvgIpc) is 2.60. The number of halogens is 2. The highest BCUT2D eigenvalue weighted by atomic mass is 35.5. The standard InChI is InChI=1S/C19H18Cl2N2O3/c1-23(2)19(26)15-8-7-14(11-16(15)21)22-18(25)10-9-17(24)12-3-5-13(20)6-4-12/h3-8,11H,9-10H2,1-2H3,(H,22,25). The van der Waals surface area contributed by atoms with Gasteiger partial charge in [0.15, 0.2) is 5.78 Å². The fraction of sp³-hybridized carbons (Fsp3) is 0.211. The van der Waals surface area contributed by atoms with Gasteiger partial charge in [0.05, 0.1) is 10.6 Å². The minimum absolute atomic E-state index is 0.0391. The zero-order chi connectivity index (χ0) is 19.3. The van der Waals surface area contributed by atoms with Crippen LogP contribution in [0.25, 0.3) is 0 Å². The first kappa shape index (κ1) is 19.9. The van der Waals surface area contributed by atoms with Crippen LogP contribution in [0.3, 0.4) is 0 Å². The molecule has 0 aliphatic carbocycles. The van der Waals surface area contributed by atoms with Gasteiger partial charge in [-0.25, -0.2) is 0 Å². The number of hydrogen-bond donors (Lipinski definition) is 1. The third-order valence-electron chi connectivity index (χ3n) is 3.63. The molecule has 0 aliphatic heterocycles. The predicted octanol–water partition coefficient (Wildman–Crippen LogP) is 4.30.